The van der Waals surface area contributed by atoms with Crippen LogP contribution in [0, 0.1) is 0 Å². The number of nitrogens with two attached hydrogens (primary N) is 1. The quantitative estimate of drug-likeness (QED) is 0.165. The number of benzene rings is 2. The van der Waals surface area contributed by atoms with Crippen molar-refractivity contribution in [2.45, 2.75) is 51.2 Å². The number of aliphatic hydroxyl groups excluding tert-OH is 1. The van der Waals surface area contributed by atoms with Gasteiger partial charge in [-0.3, -0.25) is 4.79 Å². The number of nitrogens with one attached hydrogen (secondary N) is 1. The van der Waals surface area contributed by atoms with Crippen molar-refractivity contribution < 1.29 is 36.2 Å². The van der Waals surface area contributed by atoms with E-state index in [9.17, 15) is 36.2 Å². The lowest BCUT2D eigenvalue weighted by atomic mass is 9.90. The summed E-state index contributed by atoms with van der Waals surface area (Å²) in [6.07, 6.45) is -7.73. The molecule has 0 radical (unpaired) electrons. The summed E-state index contributed by atoms with van der Waals surface area (Å²) >= 11 is 0. The number of nitrogen functional groups attached to an aromatic ring is 1. The second kappa shape index (κ2) is 10.2. The number of rotatable bonds is 8. The highest BCUT2D eigenvalue weighted by Gasteiger charge is 2.39. The zero-order valence-electron chi connectivity index (χ0n) is 19.3. The molecule has 0 fully saturated rings. The number of carbonyl (C=O) groups is 1. The van der Waals surface area contributed by atoms with E-state index in [4.69, 9.17) is 5.73 Å². The van der Waals surface area contributed by atoms with Crippen molar-refractivity contribution >= 4 is 17.2 Å². The number of halogens is 6. The van der Waals surface area contributed by atoms with Gasteiger partial charge >= 0.3 is 12.4 Å². The maximum atomic E-state index is 13.9. The molecule has 0 bridgehead atoms. The van der Waals surface area contributed by atoms with Crippen LogP contribution >= 0.6 is 0 Å². The van der Waals surface area contributed by atoms with Crippen molar-refractivity contribution in [1.29, 1.82) is 0 Å². The molecule has 0 saturated carbocycles. The molecule has 0 amide bonds. The van der Waals surface area contributed by atoms with E-state index in [1.54, 1.807) is 0 Å². The van der Waals surface area contributed by atoms with Crippen LogP contribution in [-0.4, -0.2) is 22.5 Å². The van der Waals surface area contributed by atoms with E-state index in [0.717, 1.165) is 18.2 Å². The minimum absolute atomic E-state index is 0.123. The summed E-state index contributed by atoms with van der Waals surface area (Å²) < 4.78 is 82.4. The first-order chi connectivity index (χ1) is 16.0. The van der Waals surface area contributed by atoms with Crippen molar-refractivity contribution in [2.24, 2.45) is 0 Å². The number of aliphatic hydroxyl groups is 1. The highest BCUT2D eigenvalue weighted by Crippen LogP contribution is 2.44. The van der Waals surface area contributed by atoms with E-state index in [0.29, 0.717) is 12.1 Å². The summed E-state index contributed by atoms with van der Waals surface area (Å²) in [6.45, 7) is 7.97. The van der Waals surface area contributed by atoms with Crippen LogP contribution < -0.4 is 11.1 Å². The van der Waals surface area contributed by atoms with Gasteiger partial charge in [0, 0.05) is 16.9 Å². The second-order valence-corrected chi connectivity index (χ2v) is 8.59. The van der Waals surface area contributed by atoms with Gasteiger partial charge < -0.3 is 16.2 Å². The Kier molecular flexibility index (Phi) is 8.11. The smallest absolute Gasteiger partial charge is 0.399 e. The monoisotopic (exact) mass is 500 g/mol. The van der Waals surface area contributed by atoms with Gasteiger partial charge in [-0.15, -0.1) is 0 Å². The van der Waals surface area contributed by atoms with Gasteiger partial charge in [-0.25, -0.2) is 0 Å². The summed E-state index contributed by atoms with van der Waals surface area (Å²) in [5.41, 5.74) is -0.125. The molecule has 190 valence electrons. The van der Waals surface area contributed by atoms with E-state index in [2.05, 4.69) is 11.9 Å². The van der Waals surface area contributed by atoms with E-state index < -0.39 is 52.0 Å². The van der Waals surface area contributed by atoms with Crippen molar-refractivity contribution in [3.05, 3.63) is 71.8 Å². The number of alkyl halides is 6. The molecule has 0 aliphatic heterocycles. The van der Waals surface area contributed by atoms with Crippen LogP contribution in [0.1, 0.15) is 38.3 Å². The average Bonchev–Trinajstić information content (AvgIpc) is 2.72. The van der Waals surface area contributed by atoms with Gasteiger partial charge in [-0.1, -0.05) is 30.9 Å². The minimum atomic E-state index is -4.99. The number of anilines is 2. The van der Waals surface area contributed by atoms with Crippen LogP contribution in [0.25, 0.3) is 11.1 Å². The molecule has 2 aromatic rings. The van der Waals surface area contributed by atoms with E-state index >= 15 is 0 Å². The van der Waals surface area contributed by atoms with Crippen LogP contribution in [0.3, 0.4) is 0 Å². The van der Waals surface area contributed by atoms with Gasteiger partial charge in [0.05, 0.1) is 22.8 Å². The molecule has 0 aliphatic rings. The Morgan fingerprint density at radius 3 is 2.03 bits per heavy atom. The molecule has 0 saturated heterocycles. The first-order valence-electron chi connectivity index (χ1n) is 10.5. The average molecular weight is 500 g/mol. The minimum Gasteiger partial charge on any atom is -0.399 e. The number of allylic oxidation sites excluding steroid dienone is 1. The predicted octanol–water partition coefficient (Wildman–Crippen LogP) is 6.62. The summed E-state index contributed by atoms with van der Waals surface area (Å²) in [7, 11) is 0. The molecule has 2 rings (SSSR count). The summed E-state index contributed by atoms with van der Waals surface area (Å²) in [6, 6.07) is 5.32. The van der Waals surface area contributed by atoms with Crippen molar-refractivity contribution in [1.82, 2.24) is 0 Å². The van der Waals surface area contributed by atoms with Crippen LogP contribution in [0.5, 0.6) is 0 Å². The van der Waals surface area contributed by atoms with Crippen LogP contribution in [0.2, 0.25) is 0 Å². The molecule has 4 nitrogen and oxygen atoms in total. The number of hydrogen-bond acceptors (Lipinski definition) is 4. The molecule has 2 aromatic carbocycles. The Morgan fingerprint density at radius 1 is 1.03 bits per heavy atom. The molecule has 0 spiro atoms. The first kappa shape index (κ1) is 28.0. The Bertz CT molecular complexity index is 1130. The largest absolute Gasteiger partial charge is 0.417 e. The lowest BCUT2D eigenvalue weighted by molar-refractivity contribution is -0.139. The van der Waals surface area contributed by atoms with Crippen molar-refractivity contribution in [3.8, 4) is 11.1 Å². The standard InChI is InChI=1S/C25H26F6N2O2/c1-5-15(7-6-14(2)34)22(35)23(3,4)33-17-9-11-19(21(13-17)25(29,30)31)18-10-8-16(32)12-20(18)24(26,27)28/h5,7-14,33-34H,1,6,32H2,2-4H3/b15-7+. The predicted molar refractivity (Wildman–Crippen MR) is 124 cm³/mol. The molecule has 1 atom stereocenters. The highest BCUT2D eigenvalue weighted by atomic mass is 19.4. The van der Waals surface area contributed by atoms with Gasteiger partial charge in [0.15, 0.2) is 5.78 Å². The fourth-order valence-electron chi connectivity index (χ4n) is 3.47. The van der Waals surface area contributed by atoms with Gasteiger partial charge in [0.25, 0.3) is 0 Å². The van der Waals surface area contributed by atoms with Crippen LogP contribution in [0.4, 0.5) is 37.7 Å². The summed E-state index contributed by atoms with van der Waals surface area (Å²) in [5.74, 6) is -0.497. The van der Waals surface area contributed by atoms with Crippen molar-refractivity contribution in [3.63, 3.8) is 0 Å². The van der Waals surface area contributed by atoms with Crippen LogP contribution in [-0.2, 0) is 17.1 Å². The Hall–Kier alpha value is -3.27. The van der Waals surface area contributed by atoms with E-state index in [1.807, 2.05) is 0 Å². The maximum Gasteiger partial charge on any atom is 0.417 e. The Labute approximate surface area is 199 Å². The zero-order chi connectivity index (χ0) is 26.8. The number of hydrogen-bond donors (Lipinski definition) is 3. The zero-order valence-corrected chi connectivity index (χ0v) is 19.3. The highest BCUT2D eigenvalue weighted by molar-refractivity contribution is 6.05. The lowest BCUT2D eigenvalue weighted by Crippen LogP contribution is -2.41. The van der Waals surface area contributed by atoms with E-state index in [1.165, 1.54) is 39.0 Å². The third-order valence-electron chi connectivity index (χ3n) is 5.15. The second-order valence-electron chi connectivity index (χ2n) is 8.59. The summed E-state index contributed by atoms with van der Waals surface area (Å²) in [5, 5.41) is 12.2. The fourth-order valence-corrected chi connectivity index (χ4v) is 3.47. The van der Waals surface area contributed by atoms with Gasteiger partial charge in [-0.2, -0.15) is 26.3 Å². The fraction of sp³-hybridized carbons (Fsp3) is 0.320. The van der Waals surface area contributed by atoms with Crippen LogP contribution in [0.15, 0.2) is 60.7 Å². The molecule has 10 heteroatoms. The topological polar surface area (TPSA) is 75.3 Å². The van der Waals surface area contributed by atoms with Gasteiger partial charge in [0.2, 0.25) is 0 Å². The normalized spacial score (nSPS) is 13.9. The molecular formula is C25H26F6N2O2. The van der Waals surface area contributed by atoms with Crippen molar-refractivity contribution in [2.75, 3.05) is 11.1 Å². The van der Waals surface area contributed by atoms with Gasteiger partial charge in [-0.05, 0) is 62.6 Å². The molecule has 0 aromatic heterocycles. The number of ketones is 1. The molecule has 4 N–H and O–H groups in total. The molecule has 35 heavy (non-hydrogen) atoms. The van der Waals surface area contributed by atoms with E-state index in [-0.39, 0.29) is 23.4 Å². The SMILES string of the molecule is C=C/C(=C\CC(C)O)C(=O)C(C)(C)Nc1ccc(-c2ccc(N)cc2C(F)(F)F)c(C(F)(F)F)c1. The molecular weight excluding hydrogens is 474 g/mol. The number of Topliss-reactive ketones (excluding diaryl/α,β-unsaturated/α-hetero) is 1. The molecule has 0 aliphatic carbocycles. The summed E-state index contributed by atoms with van der Waals surface area (Å²) in [4.78, 5) is 12.9. The Balaban J connectivity index is 2.56. The van der Waals surface area contributed by atoms with Gasteiger partial charge in [0.1, 0.15) is 0 Å². The Morgan fingerprint density at radius 2 is 1.54 bits per heavy atom. The maximum absolute atomic E-state index is 13.9. The molecule has 0 heterocycles. The lowest BCUT2D eigenvalue weighted by Gasteiger charge is -2.28. The first-order valence-corrected chi connectivity index (χ1v) is 10.5. The molecule has 1 unspecified atom stereocenters. The third-order valence-corrected chi connectivity index (χ3v) is 5.15. The number of carbonyl (C=O) groups excluding carboxylic acids is 1. The third kappa shape index (κ3) is 6.88.